The molecule has 1 N–H and O–H groups in total. The molecule has 1 heterocycles. The van der Waals surface area contributed by atoms with Crippen molar-refractivity contribution in [3.8, 4) is 0 Å². The van der Waals surface area contributed by atoms with E-state index in [-0.39, 0.29) is 5.82 Å². The fourth-order valence-electron chi connectivity index (χ4n) is 1.85. The SMILES string of the molecule is CCCn1ccc(CNc2c(F)cccc2Br)c1. The average molecular weight is 311 g/mol. The van der Waals surface area contributed by atoms with Gasteiger partial charge in [-0.1, -0.05) is 13.0 Å². The lowest BCUT2D eigenvalue weighted by molar-refractivity contribution is 0.629. The summed E-state index contributed by atoms with van der Waals surface area (Å²) in [5.74, 6) is -0.239. The number of hydrogen-bond donors (Lipinski definition) is 1. The molecule has 0 atom stereocenters. The second kappa shape index (κ2) is 6.05. The Morgan fingerprint density at radius 2 is 2.17 bits per heavy atom. The molecule has 0 aliphatic rings. The van der Waals surface area contributed by atoms with Gasteiger partial charge in [0.25, 0.3) is 0 Å². The highest BCUT2D eigenvalue weighted by molar-refractivity contribution is 9.10. The molecule has 2 aromatic rings. The van der Waals surface area contributed by atoms with Gasteiger partial charge < -0.3 is 9.88 Å². The molecule has 0 unspecified atom stereocenters. The van der Waals surface area contributed by atoms with Crippen molar-refractivity contribution in [2.75, 3.05) is 5.32 Å². The van der Waals surface area contributed by atoms with E-state index in [2.05, 4.69) is 51.2 Å². The average Bonchev–Trinajstić information content (AvgIpc) is 2.77. The summed E-state index contributed by atoms with van der Waals surface area (Å²) >= 11 is 3.34. The van der Waals surface area contributed by atoms with Crippen LogP contribution in [0, 0.1) is 5.82 Å². The molecular weight excluding hydrogens is 295 g/mol. The van der Waals surface area contributed by atoms with Crippen LogP contribution in [-0.2, 0) is 13.1 Å². The fraction of sp³-hybridized carbons (Fsp3) is 0.286. The van der Waals surface area contributed by atoms with Crippen LogP contribution < -0.4 is 5.32 Å². The summed E-state index contributed by atoms with van der Waals surface area (Å²) in [7, 11) is 0. The Hall–Kier alpha value is -1.29. The van der Waals surface area contributed by atoms with Crippen LogP contribution >= 0.6 is 15.9 Å². The Bertz CT molecular complexity index is 502. The highest BCUT2D eigenvalue weighted by Crippen LogP contribution is 2.25. The number of benzene rings is 1. The van der Waals surface area contributed by atoms with Crippen LogP contribution in [0.5, 0.6) is 0 Å². The lowest BCUT2D eigenvalue weighted by Crippen LogP contribution is -2.01. The van der Waals surface area contributed by atoms with Gasteiger partial charge in [0.1, 0.15) is 5.82 Å². The third-order valence-electron chi connectivity index (χ3n) is 2.73. The minimum absolute atomic E-state index is 0.239. The maximum absolute atomic E-state index is 13.6. The first kappa shape index (κ1) is 13.1. The van der Waals surface area contributed by atoms with Crippen LogP contribution in [0.1, 0.15) is 18.9 Å². The Labute approximate surface area is 115 Å². The molecular formula is C14H16BrFN2. The molecule has 0 aliphatic carbocycles. The molecule has 96 valence electrons. The molecule has 2 rings (SSSR count). The quantitative estimate of drug-likeness (QED) is 0.865. The maximum Gasteiger partial charge on any atom is 0.147 e. The van der Waals surface area contributed by atoms with Crippen molar-refractivity contribution in [1.29, 1.82) is 0 Å². The van der Waals surface area contributed by atoms with Gasteiger partial charge in [0.05, 0.1) is 5.69 Å². The monoisotopic (exact) mass is 310 g/mol. The Morgan fingerprint density at radius 3 is 2.89 bits per heavy atom. The largest absolute Gasteiger partial charge is 0.378 e. The standard InChI is InChI=1S/C14H16BrFN2/c1-2-7-18-8-6-11(10-18)9-17-14-12(15)4-3-5-13(14)16/h3-6,8,10,17H,2,7,9H2,1H3. The Balaban J connectivity index is 2.02. The number of rotatable bonds is 5. The zero-order valence-corrected chi connectivity index (χ0v) is 11.9. The van der Waals surface area contributed by atoms with Gasteiger partial charge in [0.2, 0.25) is 0 Å². The van der Waals surface area contributed by atoms with E-state index in [0.29, 0.717) is 12.2 Å². The molecule has 2 nitrogen and oxygen atoms in total. The van der Waals surface area contributed by atoms with Crippen molar-refractivity contribution in [3.63, 3.8) is 0 Å². The molecule has 0 fully saturated rings. The van der Waals surface area contributed by atoms with E-state index in [1.54, 1.807) is 6.07 Å². The molecule has 0 bridgehead atoms. The van der Waals surface area contributed by atoms with Crippen molar-refractivity contribution in [1.82, 2.24) is 4.57 Å². The van der Waals surface area contributed by atoms with E-state index < -0.39 is 0 Å². The number of halogens is 2. The lowest BCUT2D eigenvalue weighted by atomic mass is 10.3. The van der Waals surface area contributed by atoms with E-state index in [1.165, 1.54) is 6.07 Å². The van der Waals surface area contributed by atoms with Crippen LogP contribution in [0.25, 0.3) is 0 Å². The third kappa shape index (κ3) is 3.13. The van der Waals surface area contributed by atoms with Crippen LogP contribution in [0.15, 0.2) is 41.1 Å². The molecule has 0 saturated carbocycles. The summed E-state index contributed by atoms with van der Waals surface area (Å²) in [6.07, 6.45) is 5.25. The van der Waals surface area contributed by atoms with Gasteiger partial charge >= 0.3 is 0 Å². The van der Waals surface area contributed by atoms with Crippen molar-refractivity contribution in [2.24, 2.45) is 0 Å². The Kier molecular flexibility index (Phi) is 4.42. The molecule has 1 aromatic heterocycles. The van der Waals surface area contributed by atoms with E-state index in [9.17, 15) is 4.39 Å². The lowest BCUT2D eigenvalue weighted by Gasteiger charge is -2.08. The molecule has 18 heavy (non-hydrogen) atoms. The first-order valence-corrected chi connectivity index (χ1v) is 6.82. The first-order valence-electron chi connectivity index (χ1n) is 6.03. The highest BCUT2D eigenvalue weighted by Gasteiger charge is 2.06. The second-order valence-corrected chi connectivity index (χ2v) is 5.06. The number of para-hydroxylation sites is 1. The summed E-state index contributed by atoms with van der Waals surface area (Å²) in [4.78, 5) is 0. The van der Waals surface area contributed by atoms with Crippen LogP contribution in [0.4, 0.5) is 10.1 Å². The summed E-state index contributed by atoms with van der Waals surface area (Å²) in [5.41, 5.74) is 1.67. The van der Waals surface area contributed by atoms with E-state index in [0.717, 1.165) is 23.0 Å². The fourth-order valence-corrected chi connectivity index (χ4v) is 2.33. The minimum atomic E-state index is -0.239. The van der Waals surface area contributed by atoms with E-state index in [1.807, 2.05) is 6.07 Å². The number of aromatic nitrogens is 1. The van der Waals surface area contributed by atoms with Crippen LogP contribution in [0.2, 0.25) is 0 Å². The molecule has 0 saturated heterocycles. The smallest absolute Gasteiger partial charge is 0.147 e. The molecule has 0 amide bonds. The van der Waals surface area contributed by atoms with Gasteiger partial charge in [-0.25, -0.2) is 4.39 Å². The van der Waals surface area contributed by atoms with Crippen molar-refractivity contribution >= 4 is 21.6 Å². The number of hydrogen-bond acceptors (Lipinski definition) is 1. The molecule has 0 spiro atoms. The molecule has 1 aromatic carbocycles. The number of nitrogens with zero attached hydrogens (tertiary/aromatic N) is 1. The topological polar surface area (TPSA) is 17.0 Å². The van der Waals surface area contributed by atoms with Gasteiger partial charge in [0, 0.05) is 30.0 Å². The van der Waals surface area contributed by atoms with Gasteiger partial charge in [-0.3, -0.25) is 0 Å². The second-order valence-electron chi connectivity index (χ2n) is 4.21. The first-order chi connectivity index (χ1) is 8.70. The van der Waals surface area contributed by atoms with Gasteiger partial charge in [-0.05, 0) is 46.1 Å². The number of aryl methyl sites for hydroxylation is 1. The van der Waals surface area contributed by atoms with Crippen molar-refractivity contribution in [2.45, 2.75) is 26.4 Å². The summed E-state index contributed by atoms with van der Waals surface area (Å²) in [5, 5.41) is 3.12. The summed E-state index contributed by atoms with van der Waals surface area (Å²) in [6.45, 7) is 3.79. The van der Waals surface area contributed by atoms with Gasteiger partial charge in [0.15, 0.2) is 0 Å². The zero-order chi connectivity index (χ0) is 13.0. The van der Waals surface area contributed by atoms with Crippen LogP contribution in [-0.4, -0.2) is 4.57 Å². The molecule has 0 aliphatic heterocycles. The van der Waals surface area contributed by atoms with Crippen molar-refractivity contribution in [3.05, 3.63) is 52.5 Å². The summed E-state index contributed by atoms with van der Waals surface area (Å²) in [6, 6.07) is 7.02. The third-order valence-corrected chi connectivity index (χ3v) is 3.39. The van der Waals surface area contributed by atoms with E-state index in [4.69, 9.17) is 0 Å². The van der Waals surface area contributed by atoms with Gasteiger partial charge in [-0.15, -0.1) is 0 Å². The number of anilines is 1. The van der Waals surface area contributed by atoms with Crippen LogP contribution in [0.3, 0.4) is 0 Å². The maximum atomic E-state index is 13.6. The summed E-state index contributed by atoms with van der Waals surface area (Å²) < 4.78 is 16.5. The van der Waals surface area contributed by atoms with E-state index >= 15 is 0 Å². The molecule has 0 radical (unpaired) electrons. The minimum Gasteiger partial charge on any atom is -0.378 e. The van der Waals surface area contributed by atoms with Crippen molar-refractivity contribution < 1.29 is 4.39 Å². The Morgan fingerprint density at radius 1 is 1.33 bits per heavy atom. The van der Waals surface area contributed by atoms with Gasteiger partial charge in [-0.2, -0.15) is 0 Å². The number of nitrogens with one attached hydrogen (secondary N) is 1. The normalized spacial score (nSPS) is 10.6. The highest BCUT2D eigenvalue weighted by atomic mass is 79.9. The predicted octanol–water partition coefficient (Wildman–Crippen LogP) is 4.41. The predicted molar refractivity (Wildman–Crippen MR) is 76.1 cm³/mol. The molecule has 4 heteroatoms. The zero-order valence-electron chi connectivity index (χ0n) is 10.3.